The highest BCUT2D eigenvalue weighted by atomic mass is 32.2. The number of carbonyl (C=O) groups is 1. The Hall–Kier alpha value is -2.58. The van der Waals surface area contributed by atoms with E-state index in [2.05, 4.69) is 4.72 Å². The number of amides is 1. The summed E-state index contributed by atoms with van der Waals surface area (Å²) in [6.07, 6.45) is 1.57. The van der Waals surface area contributed by atoms with Crippen LogP contribution in [-0.4, -0.2) is 40.6 Å². The SMILES string of the molecule is CCOc1ccc(OCCNS(=O)(=O)c2ccc3c(c2)CCCN3C(C)=O)cc1. The van der Waals surface area contributed by atoms with Crippen molar-refractivity contribution in [1.82, 2.24) is 4.72 Å². The molecule has 1 heterocycles. The van der Waals surface area contributed by atoms with E-state index in [4.69, 9.17) is 9.47 Å². The zero-order valence-electron chi connectivity index (χ0n) is 16.7. The maximum atomic E-state index is 12.6. The summed E-state index contributed by atoms with van der Waals surface area (Å²) in [6.45, 7) is 5.04. The van der Waals surface area contributed by atoms with Crippen molar-refractivity contribution in [3.8, 4) is 11.5 Å². The van der Waals surface area contributed by atoms with E-state index in [9.17, 15) is 13.2 Å². The van der Waals surface area contributed by atoms with Crippen molar-refractivity contribution < 1.29 is 22.7 Å². The standard InChI is InChI=1S/C21H26N2O5S/c1-3-27-18-6-8-19(9-7-18)28-14-12-22-29(25,26)20-10-11-21-17(15-20)5-4-13-23(21)16(2)24/h6-11,15,22H,3-5,12-14H2,1-2H3. The van der Waals surface area contributed by atoms with Gasteiger partial charge in [-0.25, -0.2) is 13.1 Å². The Kier molecular flexibility index (Phi) is 6.76. The van der Waals surface area contributed by atoms with Crippen LogP contribution in [0.15, 0.2) is 47.4 Å². The molecule has 156 valence electrons. The van der Waals surface area contributed by atoms with E-state index in [-0.39, 0.29) is 24.0 Å². The first-order chi connectivity index (χ1) is 13.9. The molecule has 0 bridgehead atoms. The lowest BCUT2D eigenvalue weighted by Gasteiger charge is -2.28. The number of benzene rings is 2. The number of ether oxygens (including phenoxy) is 2. The van der Waals surface area contributed by atoms with Gasteiger partial charge in [0, 0.05) is 25.7 Å². The number of sulfonamides is 1. The van der Waals surface area contributed by atoms with Gasteiger partial charge in [-0.05, 0) is 67.8 Å². The fourth-order valence-electron chi connectivity index (χ4n) is 3.29. The molecule has 2 aromatic carbocycles. The summed E-state index contributed by atoms with van der Waals surface area (Å²) in [4.78, 5) is 13.6. The van der Waals surface area contributed by atoms with Crippen LogP contribution in [0.1, 0.15) is 25.8 Å². The Bertz CT molecular complexity index is 958. The number of rotatable bonds is 8. The first-order valence-electron chi connectivity index (χ1n) is 9.67. The van der Waals surface area contributed by atoms with Crippen molar-refractivity contribution in [1.29, 1.82) is 0 Å². The zero-order valence-corrected chi connectivity index (χ0v) is 17.5. The van der Waals surface area contributed by atoms with Gasteiger partial charge in [0.05, 0.1) is 11.5 Å². The van der Waals surface area contributed by atoms with Crippen LogP contribution in [0, 0.1) is 0 Å². The monoisotopic (exact) mass is 418 g/mol. The minimum absolute atomic E-state index is 0.0360. The summed E-state index contributed by atoms with van der Waals surface area (Å²) < 4.78 is 38.7. The molecule has 0 saturated carbocycles. The van der Waals surface area contributed by atoms with E-state index in [1.165, 1.54) is 13.0 Å². The molecule has 1 N–H and O–H groups in total. The van der Waals surface area contributed by atoms with E-state index < -0.39 is 10.0 Å². The summed E-state index contributed by atoms with van der Waals surface area (Å²) in [7, 11) is -3.65. The number of nitrogens with zero attached hydrogens (tertiary/aromatic N) is 1. The molecule has 3 rings (SSSR count). The summed E-state index contributed by atoms with van der Waals surface area (Å²) in [5, 5.41) is 0. The van der Waals surface area contributed by atoms with Crippen LogP contribution in [0.3, 0.4) is 0 Å². The largest absolute Gasteiger partial charge is 0.494 e. The van der Waals surface area contributed by atoms with Gasteiger partial charge in [-0.3, -0.25) is 4.79 Å². The number of nitrogens with one attached hydrogen (secondary N) is 1. The van der Waals surface area contributed by atoms with Crippen LogP contribution < -0.4 is 19.1 Å². The third-order valence-electron chi connectivity index (χ3n) is 4.66. The number of hydrogen-bond acceptors (Lipinski definition) is 5. The average Bonchev–Trinajstić information content (AvgIpc) is 2.71. The first-order valence-corrected chi connectivity index (χ1v) is 11.2. The van der Waals surface area contributed by atoms with E-state index >= 15 is 0 Å². The predicted octanol–water partition coefficient (Wildman–Crippen LogP) is 2.74. The molecule has 0 atom stereocenters. The van der Waals surface area contributed by atoms with Crippen molar-refractivity contribution >= 4 is 21.6 Å². The van der Waals surface area contributed by atoms with E-state index in [1.807, 2.05) is 6.92 Å². The van der Waals surface area contributed by atoms with Gasteiger partial charge in [0.25, 0.3) is 0 Å². The molecule has 2 aromatic rings. The molecule has 1 aliphatic heterocycles. The summed E-state index contributed by atoms with van der Waals surface area (Å²) in [5.41, 5.74) is 1.67. The highest BCUT2D eigenvalue weighted by Gasteiger charge is 2.22. The summed E-state index contributed by atoms with van der Waals surface area (Å²) in [6, 6.07) is 12.1. The molecule has 8 heteroatoms. The van der Waals surface area contributed by atoms with Gasteiger partial charge in [-0.2, -0.15) is 0 Å². The molecule has 1 aliphatic rings. The van der Waals surface area contributed by atoms with Gasteiger partial charge in [-0.15, -0.1) is 0 Å². The maximum Gasteiger partial charge on any atom is 0.240 e. The molecule has 0 aliphatic carbocycles. The fraction of sp³-hybridized carbons (Fsp3) is 0.381. The highest BCUT2D eigenvalue weighted by Crippen LogP contribution is 2.29. The number of aryl methyl sites for hydroxylation is 1. The number of fused-ring (bicyclic) bond motifs is 1. The lowest BCUT2D eigenvalue weighted by molar-refractivity contribution is -0.116. The van der Waals surface area contributed by atoms with E-state index in [0.29, 0.717) is 18.9 Å². The Morgan fingerprint density at radius 1 is 1.10 bits per heavy atom. The van der Waals surface area contributed by atoms with Gasteiger partial charge in [0.15, 0.2) is 0 Å². The molecule has 1 amide bonds. The third kappa shape index (κ3) is 5.27. The first kappa shape index (κ1) is 21.1. The van der Waals surface area contributed by atoms with E-state index in [0.717, 1.165) is 29.8 Å². The highest BCUT2D eigenvalue weighted by molar-refractivity contribution is 7.89. The molecule has 0 radical (unpaired) electrons. The Morgan fingerprint density at radius 3 is 2.45 bits per heavy atom. The molecule has 0 fully saturated rings. The van der Waals surface area contributed by atoms with Crippen molar-refractivity contribution in [2.24, 2.45) is 0 Å². The topological polar surface area (TPSA) is 84.9 Å². The van der Waals surface area contributed by atoms with Crippen LogP contribution in [0.25, 0.3) is 0 Å². The minimum Gasteiger partial charge on any atom is -0.494 e. The molecule has 0 unspecified atom stereocenters. The summed E-state index contributed by atoms with van der Waals surface area (Å²) in [5.74, 6) is 1.37. The molecular formula is C21H26N2O5S. The molecule has 7 nitrogen and oxygen atoms in total. The van der Waals surface area contributed by atoms with Gasteiger partial charge < -0.3 is 14.4 Å². The van der Waals surface area contributed by atoms with Crippen LogP contribution in [0.2, 0.25) is 0 Å². The van der Waals surface area contributed by atoms with Gasteiger partial charge >= 0.3 is 0 Å². The van der Waals surface area contributed by atoms with Gasteiger partial charge in [-0.1, -0.05) is 0 Å². The zero-order chi connectivity index (χ0) is 20.9. The Balaban J connectivity index is 1.58. The maximum absolute atomic E-state index is 12.6. The molecule has 29 heavy (non-hydrogen) atoms. The molecular weight excluding hydrogens is 392 g/mol. The van der Waals surface area contributed by atoms with Crippen LogP contribution >= 0.6 is 0 Å². The fourth-order valence-corrected chi connectivity index (χ4v) is 4.36. The van der Waals surface area contributed by atoms with Crippen molar-refractivity contribution in [2.45, 2.75) is 31.6 Å². The minimum atomic E-state index is -3.65. The predicted molar refractivity (Wildman–Crippen MR) is 111 cm³/mol. The molecule has 0 saturated heterocycles. The number of hydrogen-bond donors (Lipinski definition) is 1. The number of carbonyl (C=O) groups excluding carboxylic acids is 1. The second-order valence-corrected chi connectivity index (χ2v) is 8.48. The van der Waals surface area contributed by atoms with Crippen LogP contribution in [-0.2, 0) is 21.2 Å². The average molecular weight is 419 g/mol. The van der Waals surface area contributed by atoms with Gasteiger partial charge in [0.1, 0.15) is 18.1 Å². The van der Waals surface area contributed by atoms with Crippen molar-refractivity contribution in [3.63, 3.8) is 0 Å². The summed E-state index contributed by atoms with van der Waals surface area (Å²) >= 11 is 0. The Labute approximate surface area is 171 Å². The second kappa shape index (κ2) is 9.28. The van der Waals surface area contributed by atoms with Gasteiger partial charge in [0.2, 0.25) is 15.9 Å². The van der Waals surface area contributed by atoms with Crippen molar-refractivity contribution in [2.75, 3.05) is 31.2 Å². The molecule has 0 spiro atoms. The normalized spacial score (nSPS) is 13.7. The lowest BCUT2D eigenvalue weighted by atomic mass is 10.0. The lowest BCUT2D eigenvalue weighted by Crippen LogP contribution is -2.34. The van der Waals surface area contributed by atoms with Crippen LogP contribution in [0.4, 0.5) is 5.69 Å². The molecule has 0 aromatic heterocycles. The van der Waals surface area contributed by atoms with Crippen LogP contribution in [0.5, 0.6) is 11.5 Å². The Morgan fingerprint density at radius 2 is 1.79 bits per heavy atom. The smallest absolute Gasteiger partial charge is 0.240 e. The third-order valence-corrected chi connectivity index (χ3v) is 6.12. The quantitative estimate of drug-likeness (QED) is 0.667. The second-order valence-electron chi connectivity index (χ2n) is 6.72. The van der Waals surface area contributed by atoms with E-state index in [1.54, 1.807) is 41.3 Å². The van der Waals surface area contributed by atoms with Crippen molar-refractivity contribution in [3.05, 3.63) is 48.0 Å². The number of anilines is 1.